The van der Waals surface area contributed by atoms with Gasteiger partial charge in [0.25, 0.3) is 0 Å². The topological polar surface area (TPSA) is 113 Å². The number of rotatable bonds is 6. The van der Waals surface area contributed by atoms with E-state index >= 15 is 0 Å². The van der Waals surface area contributed by atoms with Gasteiger partial charge in [0, 0.05) is 35.3 Å². The Hall–Kier alpha value is -2.84. The van der Waals surface area contributed by atoms with Gasteiger partial charge in [-0.25, -0.2) is 9.97 Å². The fourth-order valence-electron chi connectivity index (χ4n) is 3.83. The lowest BCUT2D eigenvalue weighted by Crippen LogP contribution is -2.17. The highest BCUT2D eigenvalue weighted by atomic mass is 16.5. The van der Waals surface area contributed by atoms with E-state index in [1.165, 1.54) is 6.20 Å². The first-order chi connectivity index (χ1) is 13.9. The minimum atomic E-state index is -1.56. The molecule has 0 unspecified atom stereocenters. The molecule has 1 fully saturated rings. The summed E-state index contributed by atoms with van der Waals surface area (Å²) in [6, 6.07) is 5.37. The van der Waals surface area contributed by atoms with Gasteiger partial charge in [0.05, 0.1) is 5.69 Å². The smallest absolute Gasteiger partial charge is 0.230 e. The molecule has 8 nitrogen and oxygen atoms in total. The molecule has 29 heavy (non-hydrogen) atoms. The Morgan fingerprint density at radius 3 is 2.55 bits per heavy atom. The molecule has 1 aliphatic carbocycles. The molecule has 152 valence electrons. The van der Waals surface area contributed by atoms with Crippen molar-refractivity contribution in [1.82, 2.24) is 19.5 Å². The highest BCUT2D eigenvalue weighted by Gasteiger charge is 2.26. The van der Waals surface area contributed by atoms with Gasteiger partial charge in [0.1, 0.15) is 11.5 Å². The quantitative estimate of drug-likeness (QED) is 0.432. The molecule has 0 aliphatic heterocycles. The summed E-state index contributed by atoms with van der Waals surface area (Å²) in [6.07, 6.45) is 5.94. The third kappa shape index (κ3) is 3.86. The minimum Gasteiger partial charge on any atom is -0.364 e. The summed E-state index contributed by atoms with van der Waals surface area (Å²) in [7, 11) is 0. The van der Waals surface area contributed by atoms with Gasteiger partial charge in [0.2, 0.25) is 5.95 Å². The molecule has 3 aromatic heterocycles. The van der Waals surface area contributed by atoms with E-state index in [1.807, 2.05) is 19.9 Å². The van der Waals surface area contributed by atoms with Crippen LogP contribution in [0.1, 0.15) is 67.9 Å². The largest absolute Gasteiger partial charge is 0.364 e. The summed E-state index contributed by atoms with van der Waals surface area (Å²) < 4.78 is 2.09. The Bertz CT molecular complexity index is 1020. The van der Waals surface area contributed by atoms with Crippen LogP contribution >= 0.6 is 0 Å². The zero-order chi connectivity index (χ0) is 20.5. The van der Waals surface area contributed by atoms with Gasteiger partial charge in [-0.05, 0) is 31.0 Å². The molecular formula is C21H25N5O3. The van der Waals surface area contributed by atoms with E-state index in [9.17, 15) is 15.0 Å². The number of carbonyl (C=O) groups is 1. The molecule has 3 heterocycles. The molecule has 0 spiro atoms. The van der Waals surface area contributed by atoms with Crippen molar-refractivity contribution in [3.8, 4) is 0 Å². The van der Waals surface area contributed by atoms with Crippen LogP contribution in [0.2, 0.25) is 0 Å². The minimum absolute atomic E-state index is 0.0883. The number of aromatic nitrogens is 4. The maximum atomic E-state index is 12.8. The lowest BCUT2D eigenvalue weighted by atomic mass is 10.1. The molecule has 0 saturated heterocycles. The first-order valence-corrected chi connectivity index (χ1v) is 9.95. The predicted octanol–water partition coefficient (Wildman–Crippen LogP) is 3.51. The van der Waals surface area contributed by atoms with Crippen LogP contribution in [0.15, 0.2) is 30.6 Å². The number of hydrogen-bond donors (Lipinski definition) is 3. The molecule has 0 amide bonds. The zero-order valence-electron chi connectivity index (χ0n) is 16.5. The van der Waals surface area contributed by atoms with Crippen molar-refractivity contribution in [2.24, 2.45) is 5.92 Å². The van der Waals surface area contributed by atoms with Crippen LogP contribution in [0.25, 0.3) is 11.0 Å². The molecule has 3 aromatic rings. The summed E-state index contributed by atoms with van der Waals surface area (Å²) in [5, 5.41) is 22.3. The van der Waals surface area contributed by atoms with Gasteiger partial charge in [-0.15, -0.1) is 0 Å². The summed E-state index contributed by atoms with van der Waals surface area (Å²) in [4.78, 5) is 26.0. The molecule has 3 N–H and O–H groups in total. The van der Waals surface area contributed by atoms with Crippen molar-refractivity contribution >= 4 is 28.6 Å². The monoisotopic (exact) mass is 395 g/mol. The molecular weight excluding hydrogens is 370 g/mol. The van der Waals surface area contributed by atoms with E-state index in [0.29, 0.717) is 23.0 Å². The summed E-state index contributed by atoms with van der Waals surface area (Å²) in [5.41, 5.74) is 1.76. The molecule has 0 bridgehead atoms. The fraction of sp³-hybridized carbons (Fsp3) is 0.429. The maximum absolute atomic E-state index is 12.8. The van der Waals surface area contributed by atoms with Gasteiger partial charge in [-0.2, -0.15) is 4.98 Å². The van der Waals surface area contributed by atoms with Crippen LogP contribution in [0.5, 0.6) is 0 Å². The summed E-state index contributed by atoms with van der Waals surface area (Å²) >= 11 is 0. The first-order valence-electron chi connectivity index (χ1n) is 9.95. The summed E-state index contributed by atoms with van der Waals surface area (Å²) in [5.74, 6) is 0.897. The second-order valence-electron chi connectivity index (χ2n) is 7.80. The number of Topliss-reactive ketones (excluding diaryl/α,β-unsaturated/α-hetero) is 1. The Morgan fingerprint density at radius 2 is 1.93 bits per heavy atom. The number of fused-ring (bicyclic) bond motifs is 1. The van der Waals surface area contributed by atoms with Crippen molar-refractivity contribution in [3.05, 3.63) is 41.9 Å². The third-order valence-electron chi connectivity index (χ3n) is 5.37. The number of aliphatic hydroxyl groups excluding tert-OH is 1. The van der Waals surface area contributed by atoms with Crippen molar-refractivity contribution in [2.75, 3.05) is 5.32 Å². The maximum Gasteiger partial charge on any atom is 0.230 e. The standard InChI is InChI=1S/C21H25N5O3/c1-12(2)18(27)16-9-14-11-23-21(24-17-8-7-13(10-22-17)20(28)29)25-19(14)26(16)15-5-3-4-6-15/h7-12,15,20,28-29H,3-6H2,1-2H3,(H,22,23,24,25). The van der Waals surface area contributed by atoms with Crippen LogP contribution in [0.4, 0.5) is 11.8 Å². The Kier molecular flexibility index (Phi) is 5.29. The number of anilines is 2. The van der Waals surface area contributed by atoms with Crippen LogP contribution in [-0.2, 0) is 0 Å². The third-order valence-corrected chi connectivity index (χ3v) is 5.37. The van der Waals surface area contributed by atoms with E-state index in [2.05, 4.69) is 24.8 Å². The second-order valence-corrected chi connectivity index (χ2v) is 7.80. The number of aliphatic hydroxyl groups is 2. The number of nitrogens with zero attached hydrogens (tertiary/aromatic N) is 4. The van der Waals surface area contributed by atoms with Crippen LogP contribution in [0.3, 0.4) is 0 Å². The van der Waals surface area contributed by atoms with Gasteiger partial charge in [-0.3, -0.25) is 4.79 Å². The van der Waals surface area contributed by atoms with E-state index < -0.39 is 6.29 Å². The van der Waals surface area contributed by atoms with Gasteiger partial charge < -0.3 is 20.1 Å². The Labute approximate surface area is 168 Å². The lowest BCUT2D eigenvalue weighted by Gasteiger charge is -2.17. The van der Waals surface area contributed by atoms with Gasteiger partial charge in [0.15, 0.2) is 12.1 Å². The zero-order valence-corrected chi connectivity index (χ0v) is 16.5. The molecule has 1 saturated carbocycles. The van der Waals surface area contributed by atoms with Crippen LogP contribution in [-0.4, -0.2) is 35.5 Å². The van der Waals surface area contributed by atoms with Crippen molar-refractivity contribution < 1.29 is 15.0 Å². The predicted molar refractivity (Wildman–Crippen MR) is 109 cm³/mol. The number of nitrogens with one attached hydrogen (secondary N) is 1. The average molecular weight is 395 g/mol. The number of carbonyl (C=O) groups excluding carboxylic acids is 1. The van der Waals surface area contributed by atoms with Crippen LogP contribution < -0.4 is 5.32 Å². The lowest BCUT2D eigenvalue weighted by molar-refractivity contribution is -0.0427. The Balaban J connectivity index is 1.72. The second kappa shape index (κ2) is 7.88. The number of hydrogen-bond acceptors (Lipinski definition) is 7. The average Bonchev–Trinajstić information content (AvgIpc) is 3.34. The summed E-state index contributed by atoms with van der Waals surface area (Å²) in [6.45, 7) is 3.83. The van der Waals surface area contributed by atoms with E-state index in [0.717, 1.165) is 36.7 Å². The highest BCUT2D eigenvalue weighted by molar-refractivity contribution is 6.00. The van der Waals surface area contributed by atoms with Crippen molar-refractivity contribution in [3.63, 3.8) is 0 Å². The molecule has 0 radical (unpaired) electrons. The van der Waals surface area contributed by atoms with E-state index in [1.54, 1.807) is 18.3 Å². The van der Waals surface area contributed by atoms with Crippen LogP contribution in [0, 0.1) is 5.92 Å². The first kappa shape index (κ1) is 19.5. The SMILES string of the molecule is CC(C)C(=O)c1cc2cnc(Nc3ccc(C(O)O)cn3)nc2n1C1CCCC1. The van der Waals surface area contributed by atoms with Gasteiger partial charge >= 0.3 is 0 Å². The van der Waals surface area contributed by atoms with E-state index in [4.69, 9.17) is 0 Å². The van der Waals surface area contributed by atoms with Crippen molar-refractivity contribution in [2.45, 2.75) is 51.9 Å². The number of pyridine rings is 1. The molecule has 0 aromatic carbocycles. The molecule has 4 rings (SSSR count). The fourth-order valence-corrected chi connectivity index (χ4v) is 3.83. The molecule has 0 atom stereocenters. The Morgan fingerprint density at radius 1 is 1.17 bits per heavy atom. The van der Waals surface area contributed by atoms with Crippen molar-refractivity contribution in [1.29, 1.82) is 0 Å². The van der Waals surface area contributed by atoms with E-state index in [-0.39, 0.29) is 17.7 Å². The molecule has 1 aliphatic rings. The number of ketones is 1. The highest BCUT2D eigenvalue weighted by Crippen LogP contribution is 2.35. The normalized spacial score (nSPS) is 15.0. The molecule has 8 heteroatoms. The van der Waals surface area contributed by atoms with Gasteiger partial charge in [-0.1, -0.05) is 26.7 Å².